The van der Waals surface area contributed by atoms with Gasteiger partial charge in [0.25, 0.3) is 0 Å². The molecule has 0 heterocycles. The number of halogens is 6. The molecule has 126 valence electrons. The van der Waals surface area contributed by atoms with Gasteiger partial charge in [0.2, 0.25) is 0 Å². The predicted molar refractivity (Wildman–Crippen MR) is 95.8 cm³/mol. The molecular weight excluding hydrogens is 380 g/mol. The molecule has 2 aromatic rings. The van der Waals surface area contributed by atoms with E-state index >= 15 is 0 Å². The molecule has 0 amide bonds. The van der Waals surface area contributed by atoms with E-state index < -0.39 is 12.1 Å². The van der Waals surface area contributed by atoms with Crippen molar-refractivity contribution in [1.82, 2.24) is 0 Å². The minimum absolute atomic E-state index is 0.0181. The highest BCUT2D eigenvalue weighted by Crippen LogP contribution is 2.41. The Hall–Kier alpha value is -1.42. The standard InChI is InChI=1S/C18H12Cl3F3/c1-2-11-4-3-5-12(8-11)6-7-14(18(22,23)24)13-9-15(19)17(21)16(20)10-13/h2-10,14H,1H2/b7-6+. The number of alkyl halides is 3. The lowest BCUT2D eigenvalue weighted by Crippen LogP contribution is -2.19. The maximum Gasteiger partial charge on any atom is 0.399 e. The number of hydrogen-bond donors (Lipinski definition) is 0. The Kier molecular flexibility index (Phi) is 6.02. The van der Waals surface area contributed by atoms with Crippen LogP contribution in [0.25, 0.3) is 12.2 Å². The molecule has 24 heavy (non-hydrogen) atoms. The summed E-state index contributed by atoms with van der Waals surface area (Å²) in [6, 6.07) is 9.36. The summed E-state index contributed by atoms with van der Waals surface area (Å²) in [6.07, 6.45) is -0.399. The average molecular weight is 392 g/mol. The molecule has 2 rings (SSSR count). The smallest absolute Gasteiger partial charge is 0.170 e. The Morgan fingerprint density at radius 1 is 0.958 bits per heavy atom. The molecule has 0 nitrogen and oxygen atoms in total. The summed E-state index contributed by atoms with van der Waals surface area (Å²) in [5.41, 5.74) is 1.38. The lowest BCUT2D eigenvalue weighted by molar-refractivity contribution is -0.139. The quantitative estimate of drug-likeness (QED) is 0.469. The van der Waals surface area contributed by atoms with Gasteiger partial charge in [-0.3, -0.25) is 0 Å². The highest BCUT2D eigenvalue weighted by atomic mass is 35.5. The SMILES string of the molecule is C=Cc1cccc(/C=C/C(c2cc(Cl)c(Cl)c(Cl)c2)C(F)(F)F)c1. The zero-order chi connectivity index (χ0) is 17.9. The Labute approximate surface area is 153 Å². The first-order chi connectivity index (χ1) is 11.2. The van der Waals surface area contributed by atoms with Gasteiger partial charge in [0.1, 0.15) is 0 Å². The molecule has 1 atom stereocenters. The first-order valence-electron chi connectivity index (χ1n) is 6.84. The molecule has 0 spiro atoms. The summed E-state index contributed by atoms with van der Waals surface area (Å²) in [5, 5.41) is -0.00313. The van der Waals surface area contributed by atoms with Gasteiger partial charge in [-0.2, -0.15) is 13.2 Å². The van der Waals surface area contributed by atoms with Gasteiger partial charge in [-0.05, 0) is 34.9 Å². The van der Waals surface area contributed by atoms with Crippen LogP contribution in [0.4, 0.5) is 13.2 Å². The molecule has 0 aliphatic rings. The molecule has 0 saturated heterocycles. The second-order valence-electron chi connectivity index (χ2n) is 5.05. The Bertz CT molecular complexity index is 756. The summed E-state index contributed by atoms with van der Waals surface area (Å²) >= 11 is 17.5. The lowest BCUT2D eigenvalue weighted by Gasteiger charge is -2.18. The number of hydrogen-bond acceptors (Lipinski definition) is 0. The van der Waals surface area contributed by atoms with Crippen LogP contribution >= 0.6 is 34.8 Å². The van der Waals surface area contributed by atoms with Gasteiger partial charge in [-0.15, -0.1) is 0 Å². The molecule has 1 unspecified atom stereocenters. The van der Waals surface area contributed by atoms with Crippen molar-refractivity contribution in [3.05, 3.63) is 80.8 Å². The zero-order valence-corrected chi connectivity index (χ0v) is 14.5. The molecule has 6 heteroatoms. The van der Waals surface area contributed by atoms with Crippen LogP contribution in [0.1, 0.15) is 22.6 Å². The van der Waals surface area contributed by atoms with Gasteiger partial charge in [0.05, 0.1) is 21.0 Å². The highest BCUT2D eigenvalue weighted by Gasteiger charge is 2.39. The molecule has 2 aromatic carbocycles. The van der Waals surface area contributed by atoms with Crippen LogP contribution in [0.2, 0.25) is 15.1 Å². The third kappa shape index (κ3) is 4.56. The number of allylic oxidation sites excluding steroid dienone is 1. The molecular formula is C18H12Cl3F3. The van der Waals surface area contributed by atoms with Crippen molar-refractivity contribution in [3.8, 4) is 0 Å². The van der Waals surface area contributed by atoms with Crippen molar-refractivity contribution < 1.29 is 13.2 Å². The fourth-order valence-corrected chi connectivity index (χ4v) is 2.77. The molecule has 0 N–H and O–H groups in total. The fraction of sp³-hybridized carbons (Fsp3) is 0.111. The van der Waals surface area contributed by atoms with E-state index in [4.69, 9.17) is 34.8 Å². The van der Waals surface area contributed by atoms with E-state index in [1.54, 1.807) is 24.3 Å². The van der Waals surface area contributed by atoms with Crippen LogP contribution in [0, 0.1) is 0 Å². The van der Waals surface area contributed by atoms with Crippen molar-refractivity contribution in [2.24, 2.45) is 0 Å². The molecule has 0 saturated carbocycles. The fourth-order valence-electron chi connectivity index (χ4n) is 2.16. The minimum atomic E-state index is -4.49. The molecule has 0 fully saturated rings. The van der Waals surface area contributed by atoms with E-state index in [0.717, 1.165) is 11.6 Å². The molecule has 0 aliphatic carbocycles. The second kappa shape index (κ2) is 7.64. The maximum atomic E-state index is 13.4. The van der Waals surface area contributed by atoms with Crippen LogP contribution in [0.5, 0.6) is 0 Å². The molecule has 0 radical (unpaired) electrons. The third-order valence-corrected chi connectivity index (χ3v) is 4.54. The van der Waals surface area contributed by atoms with Gasteiger partial charge in [-0.1, -0.05) is 77.8 Å². The van der Waals surface area contributed by atoms with Gasteiger partial charge >= 0.3 is 6.18 Å². The van der Waals surface area contributed by atoms with Gasteiger partial charge in [-0.25, -0.2) is 0 Å². The first-order valence-corrected chi connectivity index (χ1v) is 7.97. The van der Waals surface area contributed by atoms with E-state index in [1.165, 1.54) is 18.2 Å². The Balaban J connectivity index is 2.43. The Morgan fingerprint density at radius 2 is 1.54 bits per heavy atom. The Morgan fingerprint density at radius 3 is 2.08 bits per heavy atom. The summed E-state index contributed by atoms with van der Waals surface area (Å²) < 4.78 is 40.3. The normalized spacial score (nSPS) is 13.2. The third-order valence-electron chi connectivity index (χ3n) is 3.35. The van der Waals surface area contributed by atoms with E-state index in [2.05, 4.69) is 6.58 Å². The monoisotopic (exact) mass is 390 g/mol. The topological polar surface area (TPSA) is 0 Å². The largest absolute Gasteiger partial charge is 0.399 e. The maximum absolute atomic E-state index is 13.4. The van der Waals surface area contributed by atoms with Crippen LogP contribution in [-0.4, -0.2) is 6.18 Å². The van der Waals surface area contributed by atoms with Crippen LogP contribution in [0.3, 0.4) is 0 Å². The summed E-state index contributed by atoms with van der Waals surface area (Å²) in [5.74, 6) is -1.85. The zero-order valence-electron chi connectivity index (χ0n) is 12.2. The molecule has 0 aromatic heterocycles. The second-order valence-corrected chi connectivity index (χ2v) is 6.24. The summed E-state index contributed by atoms with van der Waals surface area (Å²) in [6.45, 7) is 3.64. The van der Waals surface area contributed by atoms with Crippen molar-refractivity contribution in [1.29, 1.82) is 0 Å². The van der Waals surface area contributed by atoms with Gasteiger partial charge in [0, 0.05) is 0 Å². The van der Waals surface area contributed by atoms with E-state index in [9.17, 15) is 13.2 Å². The van der Waals surface area contributed by atoms with E-state index in [1.807, 2.05) is 6.07 Å². The highest BCUT2D eigenvalue weighted by molar-refractivity contribution is 6.48. The lowest BCUT2D eigenvalue weighted by atomic mass is 9.97. The molecule has 0 bridgehead atoms. The summed E-state index contributed by atoms with van der Waals surface area (Å²) in [7, 11) is 0. The van der Waals surface area contributed by atoms with Crippen LogP contribution in [-0.2, 0) is 0 Å². The summed E-state index contributed by atoms with van der Waals surface area (Å²) in [4.78, 5) is 0. The predicted octanol–water partition coefficient (Wildman–Crippen LogP) is 7.65. The van der Waals surface area contributed by atoms with E-state index in [-0.39, 0.29) is 20.6 Å². The minimum Gasteiger partial charge on any atom is -0.170 e. The van der Waals surface area contributed by atoms with Crippen molar-refractivity contribution >= 4 is 47.0 Å². The van der Waals surface area contributed by atoms with Crippen molar-refractivity contribution in [2.75, 3.05) is 0 Å². The van der Waals surface area contributed by atoms with Crippen LogP contribution in [0.15, 0.2) is 49.1 Å². The van der Waals surface area contributed by atoms with Gasteiger partial charge < -0.3 is 0 Å². The van der Waals surface area contributed by atoms with E-state index in [0.29, 0.717) is 5.56 Å². The first kappa shape index (κ1) is 18.9. The van der Waals surface area contributed by atoms with Crippen molar-refractivity contribution in [3.63, 3.8) is 0 Å². The van der Waals surface area contributed by atoms with Gasteiger partial charge in [0.15, 0.2) is 0 Å². The average Bonchev–Trinajstić information content (AvgIpc) is 2.51. The molecule has 0 aliphatic heterocycles. The number of benzene rings is 2. The van der Waals surface area contributed by atoms with Crippen LogP contribution < -0.4 is 0 Å². The number of rotatable bonds is 4. The van der Waals surface area contributed by atoms with Crippen molar-refractivity contribution in [2.45, 2.75) is 12.1 Å².